The Morgan fingerprint density at radius 3 is 2.45 bits per heavy atom. The SMILES string of the molecule is C=CC(=O)N(C)C(c1ccc(F)cc1)c1ncccn1. The molecule has 1 aromatic heterocycles. The number of hydrogen-bond acceptors (Lipinski definition) is 3. The van der Waals surface area contributed by atoms with E-state index in [4.69, 9.17) is 0 Å². The molecule has 20 heavy (non-hydrogen) atoms. The van der Waals surface area contributed by atoms with Crippen molar-refractivity contribution in [1.29, 1.82) is 0 Å². The van der Waals surface area contributed by atoms with E-state index >= 15 is 0 Å². The smallest absolute Gasteiger partial charge is 0.246 e. The average Bonchev–Trinajstić information content (AvgIpc) is 2.49. The monoisotopic (exact) mass is 271 g/mol. The number of halogens is 1. The lowest BCUT2D eigenvalue weighted by Gasteiger charge is -2.26. The Morgan fingerprint density at radius 2 is 1.90 bits per heavy atom. The molecule has 4 nitrogen and oxygen atoms in total. The van der Waals surface area contributed by atoms with Crippen LogP contribution in [0.25, 0.3) is 0 Å². The second-order valence-corrected chi connectivity index (χ2v) is 4.21. The lowest BCUT2D eigenvalue weighted by Crippen LogP contribution is -2.31. The van der Waals surface area contributed by atoms with E-state index < -0.39 is 6.04 Å². The largest absolute Gasteiger partial charge is 0.328 e. The Labute approximate surface area is 116 Å². The van der Waals surface area contributed by atoms with Gasteiger partial charge in [-0.05, 0) is 29.8 Å². The molecule has 102 valence electrons. The quantitative estimate of drug-likeness (QED) is 0.802. The third kappa shape index (κ3) is 2.88. The van der Waals surface area contributed by atoms with Gasteiger partial charge in [0.2, 0.25) is 5.91 Å². The molecular weight excluding hydrogens is 257 g/mol. The van der Waals surface area contributed by atoms with Crippen LogP contribution in [-0.4, -0.2) is 27.8 Å². The minimum absolute atomic E-state index is 0.258. The molecule has 1 aromatic carbocycles. The molecule has 0 saturated heterocycles. The fraction of sp³-hybridized carbons (Fsp3) is 0.133. The number of hydrogen-bond donors (Lipinski definition) is 0. The van der Waals surface area contributed by atoms with Gasteiger partial charge in [0, 0.05) is 19.4 Å². The van der Waals surface area contributed by atoms with Crippen LogP contribution in [0.2, 0.25) is 0 Å². The fourth-order valence-electron chi connectivity index (χ4n) is 1.91. The Bertz CT molecular complexity index is 598. The van der Waals surface area contributed by atoms with Gasteiger partial charge in [-0.2, -0.15) is 0 Å². The van der Waals surface area contributed by atoms with Crippen molar-refractivity contribution >= 4 is 5.91 Å². The van der Waals surface area contributed by atoms with Gasteiger partial charge in [0.25, 0.3) is 0 Å². The third-order valence-corrected chi connectivity index (χ3v) is 2.93. The summed E-state index contributed by atoms with van der Waals surface area (Å²) in [6.07, 6.45) is 4.43. The number of aromatic nitrogens is 2. The highest BCUT2D eigenvalue weighted by atomic mass is 19.1. The maximum Gasteiger partial charge on any atom is 0.246 e. The van der Waals surface area contributed by atoms with Crippen LogP contribution in [0.1, 0.15) is 17.4 Å². The first-order chi connectivity index (χ1) is 9.63. The van der Waals surface area contributed by atoms with Crippen LogP contribution in [0.15, 0.2) is 55.4 Å². The lowest BCUT2D eigenvalue weighted by molar-refractivity contribution is -0.126. The number of benzene rings is 1. The minimum atomic E-state index is -0.484. The lowest BCUT2D eigenvalue weighted by atomic mass is 10.0. The summed E-state index contributed by atoms with van der Waals surface area (Å²) in [6.45, 7) is 3.47. The van der Waals surface area contributed by atoms with E-state index in [1.165, 1.54) is 23.1 Å². The third-order valence-electron chi connectivity index (χ3n) is 2.93. The second-order valence-electron chi connectivity index (χ2n) is 4.21. The molecule has 1 atom stereocenters. The van der Waals surface area contributed by atoms with Crippen molar-refractivity contribution in [2.45, 2.75) is 6.04 Å². The molecule has 0 radical (unpaired) electrons. The number of carbonyl (C=O) groups excluding carboxylic acids is 1. The summed E-state index contributed by atoms with van der Waals surface area (Å²) in [5.41, 5.74) is 0.732. The van der Waals surface area contributed by atoms with Crippen molar-refractivity contribution in [1.82, 2.24) is 14.9 Å². The highest BCUT2D eigenvalue weighted by Crippen LogP contribution is 2.25. The van der Waals surface area contributed by atoms with Crippen molar-refractivity contribution in [2.75, 3.05) is 7.05 Å². The van der Waals surface area contributed by atoms with Crippen LogP contribution >= 0.6 is 0 Å². The summed E-state index contributed by atoms with van der Waals surface area (Å²) in [6, 6.07) is 7.13. The molecule has 0 aliphatic carbocycles. The first-order valence-corrected chi connectivity index (χ1v) is 6.05. The fourth-order valence-corrected chi connectivity index (χ4v) is 1.91. The molecule has 2 aromatic rings. The number of rotatable bonds is 4. The molecule has 0 aliphatic heterocycles. The summed E-state index contributed by atoms with van der Waals surface area (Å²) < 4.78 is 13.1. The van der Waals surface area contributed by atoms with Crippen LogP contribution in [-0.2, 0) is 4.79 Å². The van der Waals surface area contributed by atoms with Crippen molar-refractivity contribution in [3.05, 3.63) is 72.6 Å². The molecular formula is C15H14FN3O. The predicted octanol–water partition coefficient (Wildman–Crippen LogP) is 2.35. The van der Waals surface area contributed by atoms with E-state index in [9.17, 15) is 9.18 Å². The Morgan fingerprint density at radius 1 is 1.30 bits per heavy atom. The van der Waals surface area contributed by atoms with Gasteiger partial charge >= 0.3 is 0 Å². The zero-order valence-electron chi connectivity index (χ0n) is 11.0. The summed E-state index contributed by atoms with van der Waals surface area (Å²) in [4.78, 5) is 21.7. The predicted molar refractivity (Wildman–Crippen MR) is 73.2 cm³/mol. The van der Waals surface area contributed by atoms with E-state index in [0.717, 1.165) is 5.56 Å². The van der Waals surface area contributed by atoms with Crippen LogP contribution in [0.5, 0.6) is 0 Å². The Hall–Kier alpha value is -2.56. The van der Waals surface area contributed by atoms with Gasteiger partial charge in [0.1, 0.15) is 11.9 Å². The molecule has 2 rings (SSSR count). The Kier molecular flexibility index (Phi) is 4.20. The van der Waals surface area contributed by atoms with Crippen LogP contribution in [0, 0.1) is 5.82 Å². The number of amides is 1. The number of likely N-dealkylation sites (N-methyl/N-ethyl adjacent to an activating group) is 1. The van der Waals surface area contributed by atoms with Crippen LogP contribution < -0.4 is 0 Å². The normalized spacial score (nSPS) is 11.7. The van der Waals surface area contributed by atoms with Gasteiger partial charge < -0.3 is 4.90 Å². The summed E-state index contributed by atoms with van der Waals surface area (Å²) in [5, 5.41) is 0. The molecule has 0 saturated carbocycles. The molecule has 1 unspecified atom stereocenters. The van der Waals surface area contributed by atoms with Gasteiger partial charge in [-0.3, -0.25) is 4.79 Å². The Balaban J connectivity index is 2.46. The van der Waals surface area contributed by atoms with Gasteiger partial charge in [-0.25, -0.2) is 14.4 Å². The van der Waals surface area contributed by atoms with E-state index in [1.54, 1.807) is 37.6 Å². The van der Waals surface area contributed by atoms with E-state index in [0.29, 0.717) is 5.82 Å². The zero-order chi connectivity index (χ0) is 14.5. The van der Waals surface area contributed by atoms with Gasteiger partial charge in [-0.15, -0.1) is 0 Å². The molecule has 0 aliphatic rings. The van der Waals surface area contributed by atoms with E-state index in [1.807, 2.05) is 0 Å². The average molecular weight is 271 g/mol. The number of nitrogens with zero attached hydrogens (tertiary/aromatic N) is 3. The van der Waals surface area contributed by atoms with Crippen molar-refractivity contribution < 1.29 is 9.18 Å². The van der Waals surface area contributed by atoms with Gasteiger partial charge in [-0.1, -0.05) is 18.7 Å². The molecule has 5 heteroatoms. The molecule has 0 bridgehead atoms. The molecule has 1 heterocycles. The van der Waals surface area contributed by atoms with Crippen LogP contribution in [0.3, 0.4) is 0 Å². The zero-order valence-corrected chi connectivity index (χ0v) is 11.0. The first kappa shape index (κ1) is 13.9. The topological polar surface area (TPSA) is 46.1 Å². The number of carbonyl (C=O) groups is 1. The minimum Gasteiger partial charge on any atom is -0.328 e. The first-order valence-electron chi connectivity index (χ1n) is 6.05. The summed E-state index contributed by atoms with van der Waals surface area (Å²) in [7, 11) is 1.63. The summed E-state index contributed by atoms with van der Waals surface area (Å²) in [5.74, 6) is -0.122. The highest BCUT2D eigenvalue weighted by Gasteiger charge is 2.24. The van der Waals surface area contributed by atoms with E-state index in [2.05, 4.69) is 16.5 Å². The maximum atomic E-state index is 13.1. The second kappa shape index (κ2) is 6.06. The maximum absolute atomic E-state index is 13.1. The van der Waals surface area contributed by atoms with Gasteiger partial charge in [0.15, 0.2) is 5.82 Å². The van der Waals surface area contributed by atoms with Crippen molar-refractivity contribution in [2.24, 2.45) is 0 Å². The van der Waals surface area contributed by atoms with Gasteiger partial charge in [0.05, 0.1) is 0 Å². The van der Waals surface area contributed by atoms with Crippen molar-refractivity contribution in [3.63, 3.8) is 0 Å². The molecule has 0 fully saturated rings. The van der Waals surface area contributed by atoms with Crippen molar-refractivity contribution in [3.8, 4) is 0 Å². The molecule has 1 amide bonds. The highest BCUT2D eigenvalue weighted by molar-refractivity contribution is 5.87. The molecule has 0 spiro atoms. The van der Waals surface area contributed by atoms with E-state index in [-0.39, 0.29) is 11.7 Å². The standard InChI is InChI=1S/C15H14FN3O/c1-3-13(20)19(2)14(15-17-9-4-10-18-15)11-5-7-12(16)8-6-11/h3-10,14H,1H2,2H3. The summed E-state index contributed by atoms with van der Waals surface area (Å²) >= 11 is 0. The van der Waals surface area contributed by atoms with Crippen LogP contribution in [0.4, 0.5) is 4.39 Å². The molecule has 0 N–H and O–H groups in total.